The van der Waals surface area contributed by atoms with Gasteiger partial charge in [-0.25, -0.2) is 4.98 Å². The van der Waals surface area contributed by atoms with Gasteiger partial charge in [-0.1, -0.05) is 131 Å². The van der Waals surface area contributed by atoms with Gasteiger partial charge < -0.3 is 4.74 Å². The third-order valence-electron chi connectivity index (χ3n) is 10.1. The molecule has 0 saturated heterocycles. The lowest BCUT2D eigenvalue weighted by Gasteiger charge is -2.23. The number of ether oxygens (including phenoxy) is 1. The second-order valence-corrected chi connectivity index (χ2v) is 20.0. The van der Waals surface area contributed by atoms with Gasteiger partial charge in [0.1, 0.15) is 17.3 Å². The Morgan fingerprint density at radius 1 is 0.567 bits per heavy atom. The van der Waals surface area contributed by atoms with Crippen LogP contribution in [0.2, 0.25) is 0 Å². The predicted octanol–water partition coefficient (Wildman–Crippen LogP) is 13.5. The Morgan fingerprint density at radius 3 is 1.87 bits per heavy atom. The second-order valence-electron chi connectivity index (χ2n) is 20.0. The summed E-state index contributed by atoms with van der Waals surface area (Å²) in [5, 5.41) is 2.04. The second kappa shape index (κ2) is 15.1. The minimum atomic E-state index is -1.80. The van der Waals surface area contributed by atoms with E-state index in [4.69, 9.17) is 17.4 Å². The van der Waals surface area contributed by atoms with Crippen LogP contribution in [-0.2, 0) is 24.5 Å². The van der Waals surface area contributed by atoms with E-state index in [1.54, 1.807) is 30.6 Å². The largest absolute Gasteiger partial charge is 0.458 e. The Balaban J connectivity index is 1.26. The van der Waals surface area contributed by atoms with Crippen molar-refractivity contribution in [2.75, 3.05) is 0 Å². The summed E-state index contributed by atoms with van der Waals surface area (Å²) >= 11 is 0. The van der Waals surface area contributed by atoms with Crippen molar-refractivity contribution >= 4 is 32.8 Å². The molecule has 0 saturated carbocycles. The van der Waals surface area contributed by atoms with Crippen molar-refractivity contribution in [3.63, 3.8) is 0 Å². The van der Waals surface area contributed by atoms with Crippen LogP contribution in [0.25, 0.3) is 50.2 Å². The number of aromatic nitrogens is 5. The minimum absolute atomic E-state index is 0.188. The molecule has 4 aromatic heterocycles. The van der Waals surface area contributed by atoms with Crippen molar-refractivity contribution < 1.29 is 17.5 Å². The third kappa shape index (κ3) is 8.89. The number of pyridine rings is 2. The fourth-order valence-electron chi connectivity index (χ4n) is 7.72. The number of hydrogen-bond acceptors (Lipinski definition) is 3. The lowest BCUT2D eigenvalue weighted by atomic mass is 9.84. The Bertz CT molecular complexity index is 3110. The van der Waals surface area contributed by atoms with Crippen LogP contribution in [0.15, 0.2) is 116 Å². The monoisotopic (exact) mass is 802 g/mol. The molecule has 0 N–H and O–H groups in total. The number of rotatable bonds is 8. The van der Waals surface area contributed by atoms with E-state index in [1.165, 1.54) is 0 Å². The van der Waals surface area contributed by atoms with E-state index in [9.17, 15) is 5.48 Å². The number of imidazole rings is 1. The maximum absolute atomic E-state index is 9.33. The van der Waals surface area contributed by atoms with E-state index < -0.39 is 35.4 Å². The summed E-state index contributed by atoms with van der Waals surface area (Å²) in [6.07, 6.45) is 1.72. The molecule has 0 unspecified atom stereocenters. The molecule has 8 aromatic rings. The molecule has 4 heterocycles. The van der Waals surface area contributed by atoms with Crippen molar-refractivity contribution in [3.05, 3.63) is 144 Å². The van der Waals surface area contributed by atoms with Crippen LogP contribution in [-0.4, -0.2) is 19.1 Å². The van der Waals surface area contributed by atoms with Gasteiger partial charge in [-0.2, -0.15) is 0 Å². The van der Waals surface area contributed by atoms with E-state index in [-0.39, 0.29) is 5.41 Å². The van der Waals surface area contributed by atoms with Crippen LogP contribution < -0.4 is 9.30 Å². The predicted molar refractivity (Wildman–Crippen MR) is 248 cm³/mol. The Kier molecular flexibility index (Phi) is 8.54. The molecule has 308 valence electrons. The average Bonchev–Trinajstić information content (AvgIpc) is 3.78. The summed E-state index contributed by atoms with van der Waals surface area (Å²) in [4.78, 5) is 9.57. The van der Waals surface area contributed by atoms with Crippen LogP contribution in [0, 0.1) is 22.6 Å². The first kappa shape index (κ1) is 34.0. The van der Waals surface area contributed by atoms with Crippen LogP contribution in [0.4, 0.5) is 0 Å². The summed E-state index contributed by atoms with van der Waals surface area (Å²) in [6, 6.07) is 33.0. The molecule has 0 aliphatic carbocycles. The molecule has 0 amide bonds. The maximum atomic E-state index is 9.33. The molecule has 60 heavy (non-hydrogen) atoms. The highest BCUT2D eigenvalue weighted by Crippen LogP contribution is 2.36. The smallest absolute Gasteiger partial charge is 0.271 e. The SMILES string of the molecule is [2H]C([2H])(c1cc(-[n+]2[c-]n(-c3cc(Oc4ccc5c6ccccc6n(-c6cc(C([2H])([2H])C(C)(C)C)ccn6)c5c4)ccn3)c3ccc(C(C)(C)C)cc32)cc(C([2H])([2H])C(C)(C)C)c1)C(C)(C)C. The zero-order chi connectivity index (χ0) is 48.2. The van der Waals surface area contributed by atoms with E-state index >= 15 is 0 Å². The lowest BCUT2D eigenvalue weighted by Crippen LogP contribution is -2.30. The zero-order valence-electron chi connectivity index (χ0n) is 43.1. The molecular weight excluding hydrogens is 735 g/mol. The molecular formula is C54H61N5O. The topological polar surface area (TPSA) is 48.8 Å². The van der Waals surface area contributed by atoms with Crippen LogP contribution in [0.1, 0.15) is 114 Å². The molecule has 0 aliphatic heterocycles. The van der Waals surface area contributed by atoms with Crippen molar-refractivity contribution in [1.29, 1.82) is 0 Å². The van der Waals surface area contributed by atoms with Crippen molar-refractivity contribution in [2.45, 2.75) is 108 Å². The molecule has 0 radical (unpaired) electrons. The Hall–Kier alpha value is -5.75. The van der Waals surface area contributed by atoms with E-state index in [0.29, 0.717) is 45.5 Å². The van der Waals surface area contributed by atoms with Crippen molar-refractivity contribution in [3.8, 4) is 28.8 Å². The highest BCUT2D eigenvalue weighted by molar-refractivity contribution is 6.09. The Morgan fingerprint density at radius 2 is 1.18 bits per heavy atom. The van der Waals surface area contributed by atoms with Crippen molar-refractivity contribution in [2.24, 2.45) is 16.2 Å². The number of benzene rings is 4. The minimum Gasteiger partial charge on any atom is -0.458 e. The number of nitrogens with zero attached hydrogens (tertiary/aromatic N) is 5. The number of hydrogen-bond donors (Lipinski definition) is 0. The summed E-state index contributed by atoms with van der Waals surface area (Å²) in [6.45, 7) is 23.4. The highest BCUT2D eigenvalue weighted by Gasteiger charge is 2.22. The van der Waals surface area contributed by atoms with Gasteiger partial charge in [0.2, 0.25) is 0 Å². The van der Waals surface area contributed by atoms with Gasteiger partial charge in [-0.05, 0) is 107 Å². The Labute approximate surface area is 365 Å². The van der Waals surface area contributed by atoms with Gasteiger partial charge in [-0.15, -0.1) is 0 Å². The molecule has 0 atom stereocenters. The molecule has 0 spiro atoms. The summed E-state index contributed by atoms with van der Waals surface area (Å²) in [5.41, 5.74) is 4.03. The quantitative estimate of drug-likeness (QED) is 0.114. The fourth-order valence-corrected chi connectivity index (χ4v) is 7.72. The van der Waals surface area contributed by atoms with Crippen LogP contribution >= 0.6 is 0 Å². The summed E-state index contributed by atoms with van der Waals surface area (Å²) in [7, 11) is 0. The molecule has 0 aliphatic rings. The van der Waals surface area contributed by atoms with E-state index in [0.717, 1.165) is 38.4 Å². The van der Waals surface area contributed by atoms with E-state index in [2.05, 4.69) is 55.9 Å². The number of para-hydroxylation sites is 1. The van der Waals surface area contributed by atoms with Gasteiger partial charge in [0.15, 0.2) is 5.82 Å². The first-order valence-electron chi connectivity index (χ1n) is 23.8. The molecule has 0 fully saturated rings. The lowest BCUT2D eigenvalue weighted by molar-refractivity contribution is -0.572. The van der Waals surface area contributed by atoms with Gasteiger partial charge in [-0.3, -0.25) is 18.7 Å². The van der Waals surface area contributed by atoms with Gasteiger partial charge in [0.05, 0.1) is 27.8 Å². The molecule has 8 rings (SSSR count). The average molecular weight is 802 g/mol. The maximum Gasteiger partial charge on any atom is 0.271 e. The fraction of sp³-hybridized carbons (Fsp3) is 0.352. The summed E-state index contributed by atoms with van der Waals surface area (Å²) in [5.74, 6) is 2.27. The first-order chi connectivity index (χ1) is 30.5. The van der Waals surface area contributed by atoms with Crippen LogP contribution in [0.3, 0.4) is 0 Å². The standard InChI is InChI=1S/C54H61N5O/c1-51(2,3)32-36-21-23-56-50(28-36)59-45-16-14-13-15-43(45)44-19-18-41(30-47(44)59)60-42-22-24-55-49(31-42)58-35-57(48-29-39(54(10,11)12)17-20-46(48)58)40-26-37(33-52(4,5)6)25-38(27-40)34-53(7,8)9/h13-31H,32-34H2,1-12H3/i32D2,33D2,34D2. The highest BCUT2D eigenvalue weighted by atomic mass is 16.5. The molecule has 6 nitrogen and oxygen atoms in total. The first-order valence-corrected chi connectivity index (χ1v) is 20.8. The van der Waals surface area contributed by atoms with Crippen LogP contribution in [0.5, 0.6) is 11.5 Å². The number of fused-ring (bicyclic) bond motifs is 4. The van der Waals surface area contributed by atoms with Crippen molar-refractivity contribution in [1.82, 2.24) is 19.1 Å². The normalized spacial score (nSPS) is 15.1. The van der Waals surface area contributed by atoms with E-state index in [1.807, 2.05) is 132 Å². The van der Waals surface area contributed by atoms with Gasteiger partial charge in [0, 0.05) is 43.5 Å². The molecule has 4 aromatic carbocycles. The van der Waals surface area contributed by atoms with Gasteiger partial charge in [0.25, 0.3) is 6.33 Å². The van der Waals surface area contributed by atoms with Gasteiger partial charge >= 0.3 is 0 Å². The summed E-state index contributed by atoms with van der Waals surface area (Å²) < 4.78 is 67.8. The third-order valence-corrected chi connectivity index (χ3v) is 10.1. The molecule has 6 heteroatoms. The molecule has 0 bridgehead atoms. The zero-order valence-corrected chi connectivity index (χ0v) is 37.1.